The Hall–Kier alpha value is -2.16. The minimum absolute atomic E-state index is 0. The second kappa shape index (κ2) is 7.16. The zero-order valence-electron chi connectivity index (χ0n) is 12.8. The minimum Gasteiger partial charge on any atom is -0.472 e. The van der Waals surface area contributed by atoms with Crippen LogP contribution in [0.3, 0.4) is 0 Å². The van der Waals surface area contributed by atoms with Gasteiger partial charge in [0.15, 0.2) is 11.6 Å². The van der Waals surface area contributed by atoms with Gasteiger partial charge >= 0.3 is 5.69 Å². The molecule has 0 unspecified atom stereocenters. The molecule has 1 N–H and O–H groups in total. The third-order valence-electron chi connectivity index (χ3n) is 3.63. The van der Waals surface area contributed by atoms with E-state index in [9.17, 15) is 18.0 Å². The fraction of sp³-hybridized carbons (Fsp3) is 0.333. The molecule has 0 amide bonds. The Balaban J connectivity index is 0.00000208. The first-order valence-corrected chi connectivity index (χ1v) is 7.08. The molecule has 0 radical (unpaired) electrons. The molecule has 1 atom stereocenters. The van der Waals surface area contributed by atoms with Crippen LogP contribution in [0.1, 0.15) is 18.9 Å². The van der Waals surface area contributed by atoms with Gasteiger partial charge in [0.1, 0.15) is 18.2 Å². The third-order valence-corrected chi connectivity index (χ3v) is 3.63. The lowest BCUT2D eigenvalue weighted by atomic mass is 10.2. The van der Waals surface area contributed by atoms with Crippen molar-refractivity contribution in [1.82, 2.24) is 9.55 Å². The summed E-state index contributed by atoms with van der Waals surface area (Å²) in [6.45, 7) is 2.16. The van der Waals surface area contributed by atoms with Crippen molar-refractivity contribution in [2.24, 2.45) is 0 Å². The Morgan fingerprint density at radius 3 is 2.71 bits per heavy atom. The summed E-state index contributed by atoms with van der Waals surface area (Å²) in [5, 5.41) is 3.13. The Bertz CT molecular complexity index is 813. The molecule has 2 aromatic rings. The second-order valence-electron chi connectivity index (χ2n) is 5.39. The first kappa shape index (κ1) is 18.2. The molecule has 0 saturated carbocycles. The van der Waals surface area contributed by atoms with Crippen molar-refractivity contribution in [2.45, 2.75) is 32.5 Å². The molecule has 24 heavy (non-hydrogen) atoms. The Morgan fingerprint density at radius 1 is 1.25 bits per heavy atom. The maximum atomic E-state index is 13.6. The van der Waals surface area contributed by atoms with Crippen LogP contribution in [0, 0.1) is 17.5 Å². The van der Waals surface area contributed by atoms with Gasteiger partial charge in [-0.05, 0) is 19.4 Å². The van der Waals surface area contributed by atoms with Crippen LogP contribution in [-0.2, 0) is 13.2 Å². The smallest absolute Gasteiger partial charge is 0.352 e. The summed E-state index contributed by atoms with van der Waals surface area (Å²) in [5.41, 5.74) is -0.646. The molecular formula is C15H16F3N3O2S. The van der Waals surface area contributed by atoms with Crippen molar-refractivity contribution in [1.29, 1.82) is 0 Å². The van der Waals surface area contributed by atoms with E-state index in [1.54, 1.807) is 0 Å². The number of anilines is 1. The molecule has 1 aliphatic heterocycles. The SMILES string of the molecule is C[C@H]1CCn2c(cc(OCc3cc(F)c(F)cc3F)nc2=O)N1.S. The maximum Gasteiger partial charge on any atom is 0.352 e. The lowest BCUT2D eigenvalue weighted by Gasteiger charge is -2.25. The fourth-order valence-electron chi connectivity index (χ4n) is 2.37. The maximum absolute atomic E-state index is 13.6. The first-order valence-electron chi connectivity index (χ1n) is 7.08. The highest BCUT2D eigenvalue weighted by atomic mass is 32.1. The molecule has 0 saturated heterocycles. The van der Waals surface area contributed by atoms with Crippen LogP contribution in [0.5, 0.6) is 5.88 Å². The number of fused-ring (bicyclic) bond motifs is 1. The van der Waals surface area contributed by atoms with Gasteiger partial charge in [0.2, 0.25) is 5.88 Å². The van der Waals surface area contributed by atoms with E-state index in [1.807, 2.05) is 6.92 Å². The predicted octanol–water partition coefficient (Wildman–Crippen LogP) is 2.56. The van der Waals surface area contributed by atoms with Gasteiger partial charge in [-0.2, -0.15) is 18.5 Å². The highest BCUT2D eigenvalue weighted by molar-refractivity contribution is 7.59. The van der Waals surface area contributed by atoms with Crippen molar-refractivity contribution in [2.75, 3.05) is 5.32 Å². The van der Waals surface area contributed by atoms with E-state index in [0.29, 0.717) is 18.4 Å². The number of nitrogens with one attached hydrogen (secondary N) is 1. The van der Waals surface area contributed by atoms with Crippen LogP contribution >= 0.6 is 13.5 Å². The molecule has 9 heteroatoms. The first-order chi connectivity index (χ1) is 10.9. The van der Waals surface area contributed by atoms with Gasteiger partial charge in [0, 0.05) is 30.3 Å². The summed E-state index contributed by atoms with van der Waals surface area (Å²) in [7, 11) is 0. The molecule has 0 spiro atoms. The molecule has 0 bridgehead atoms. The molecular weight excluding hydrogens is 343 g/mol. The summed E-state index contributed by atoms with van der Waals surface area (Å²) in [6.07, 6.45) is 0.800. The molecule has 5 nitrogen and oxygen atoms in total. The van der Waals surface area contributed by atoms with Crippen LogP contribution in [0.2, 0.25) is 0 Å². The molecule has 1 aromatic heterocycles. The van der Waals surface area contributed by atoms with Crippen LogP contribution in [0.4, 0.5) is 19.0 Å². The number of rotatable bonds is 3. The van der Waals surface area contributed by atoms with Crippen molar-refractivity contribution < 1.29 is 17.9 Å². The lowest BCUT2D eigenvalue weighted by molar-refractivity contribution is 0.283. The molecule has 1 aliphatic rings. The standard InChI is InChI=1S/C15H14F3N3O2.H2S/c1-8-2-3-21-13(19-8)6-14(20-15(21)22)23-7-9-4-11(17)12(18)5-10(9)16;/h4-6,8,19H,2-3,7H2,1H3;1H2/t8-;/m0./s1. The average Bonchev–Trinajstić information content (AvgIpc) is 2.49. The molecule has 2 heterocycles. The van der Waals surface area contributed by atoms with Crippen LogP contribution in [0.15, 0.2) is 23.0 Å². The zero-order chi connectivity index (χ0) is 16.6. The number of benzene rings is 1. The highest BCUT2D eigenvalue weighted by Gasteiger charge is 2.17. The van der Waals surface area contributed by atoms with E-state index < -0.39 is 23.1 Å². The Morgan fingerprint density at radius 2 is 1.96 bits per heavy atom. The quantitative estimate of drug-likeness (QED) is 0.856. The van der Waals surface area contributed by atoms with Crippen molar-refractivity contribution in [3.63, 3.8) is 0 Å². The number of hydrogen-bond acceptors (Lipinski definition) is 4. The Labute approximate surface area is 142 Å². The molecule has 0 aliphatic carbocycles. The number of nitrogens with zero attached hydrogens (tertiary/aromatic N) is 2. The Kier molecular flexibility index (Phi) is 5.43. The van der Waals surface area contributed by atoms with Gasteiger partial charge in [0.05, 0.1) is 0 Å². The number of hydrogen-bond donors (Lipinski definition) is 1. The average molecular weight is 359 g/mol. The summed E-state index contributed by atoms with van der Waals surface area (Å²) >= 11 is 0. The largest absolute Gasteiger partial charge is 0.472 e. The van der Waals surface area contributed by atoms with Gasteiger partial charge < -0.3 is 10.1 Å². The fourth-order valence-corrected chi connectivity index (χ4v) is 2.37. The van der Waals surface area contributed by atoms with E-state index in [2.05, 4.69) is 10.3 Å². The lowest BCUT2D eigenvalue weighted by Crippen LogP contribution is -2.34. The van der Waals surface area contributed by atoms with E-state index in [-0.39, 0.29) is 37.6 Å². The van der Waals surface area contributed by atoms with Crippen LogP contribution < -0.4 is 15.7 Å². The van der Waals surface area contributed by atoms with E-state index in [4.69, 9.17) is 4.74 Å². The minimum atomic E-state index is -1.27. The molecule has 130 valence electrons. The zero-order valence-corrected chi connectivity index (χ0v) is 13.8. The van der Waals surface area contributed by atoms with Crippen LogP contribution in [-0.4, -0.2) is 15.6 Å². The molecule has 1 aromatic carbocycles. The van der Waals surface area contributed by atoms with Crippen molar-refractivity contribution in [3.8, 4) is 5.88 Å². The summed E-state index contributed by atoms with van der Waals surface area (Å²) < 4.78 is 46.3. The molecule has 0 fully saturated rings. The number of halogens is 3. The molecule has 3 rings (SSSR count). The van der Waals surface area contributed by atoms with Crippen LogP contribution in [0.25, 0.3) is 0 Å². The summed E-state index contributed by atoms with van der Waals surface area (Å²) in [6, 6.07) is 2.89. The van der Waals surface area contributed by atoms with Crippen molar-refractivity contribution >= 4 is 19.3 Å². The number of aromatic nitrogens is 2. The van der Waals surface area contributed by atoms with E-state index >= 15 is 0 Å². The topological polar surface area (TPSA) is 56.2 Å². The van der Waals surface area contributed by atoms with Gasteiger partial charge in [-0.1, -0.05) is 0 Å². The van der Waals surface area contributed by atoms with E-state index in [0.717, 1.165) is 12.5 Å². The van der Waals surface area contributed by atoms with Gasteiger partial charge in [0.25, 0.3) is 0 Å². The summed E-state index contributed by atoms with van der Waals surface area (Å²) in [4.78, 5) is 15.7. The highest BCUT2D eigenvalue weighted by Crippen LogP contribution is 2.20. The van der Waals surface area contributed by atoms with Crippen molar-refractivity contribution in [3.05, 3.63) is 51.7 Å². The third kappa shape index (κ3) is 3.66. The normalized spacial score (nSPS) is 15.9. The van der Waals surface area contributed by atoms with E-state index in [1.165, 1.54) is 10.6 Å². The van der Waals surface area contributed by atoms with Gasteiger partial charge in [-0.15, -0.1) is 0 Å². The summed E-state index contributed by atoms with van der Waals surface area (Å²) in [5.74, 6) is -2.81. The van der Waals surface area contributed by atoms with Gasteiger partial charge in [-0.3, -0.25) is 4.57 Å². The second-order valence-corrected chi connectivity index (χ2v) is 5.39. The monoisotopic (exact) mass is 359 g/mol. The predicted molar refractivity (Wildman–Crippen MR) is 87.2 cm³/mol. The van der Waals surface area contributed by atoms with Gasteiger partial charge in [-0.25, -0.2) is 18.0 Å². The number of ether oxygens (including phenoxy) is 1.